The molecule has 110 valence electrons. The summed E-state index contributed by atoms with van der Waals surface area (Å²) in [4.78, 5) is 13.2. The summed E-state index contributed by atoms with van der Waals surface area (Å²) in [5.74, 6) is -1.83. The van der Waals surface area contributed by atoms with Crippen molar-refractivity contribution in [2.24, 2.45) is 0 Å². The molecule has 0 spiro atoms. The van der Waals surface area contributed by atoms with Crippen molar-refractivity contribution in [3.05, 3.63) is 23.5 Å². The summed E-state index contributed by atoms with van der Waals surface area (Å²) in [6.45, 7) is 1.16. The summed E-state index contributed by atoms with van der Waals surface area (Å²) < 4.78 is 41.5. The topological polar surface area (TPSA) is 63.7 Å². The number of likely N-dealkylation sites (tertiary alicyclic amines) is 1. The highest BCUT2D eigenvalue weighted by Crippen LogP contribution is 2.31. The number of carbonyl (C=O) groups is 1. The molecule has 1 aromatic carbocycles. The monoisotopic (exact) mass is 321 g/mol. The zero-order valence-corrected chi connectivity index (χ0v) is 12.3. The fourth-order valence-electron chi connectivity index (χ4n) is 2.17. The molecule has 0 unspecified atom stereocenters. The van der Waals surface area contributed by atoms with Gasteiger partial charge >= 0.3 is 0 Å². The number of methoxy groups -OCH3 is 1. The van der Waals surface area contributed by atoms with Crippen LogP contribution in [0.5, 0.6) is 5.75 Å². The highest BCUT2D eigenvalue weighted by Gasteiger charge is 2.26. The van der Waals surface area contributed by atoms with E-state index in [0.29, 0.717) is 13.1 Å². The Kier molecular flexibility index (Phi) is 4.19. The van der Waals surface area contributed by atoms with Crippen molar-refractivity contribution < 1.29 is 22.3 Å². The number of ether oxygens (including phenoxy) is 1. The third-order valence-corrected chi connectivity index (χ3v) is 4.44. The van der Waals surface area contributed by atoms with Crippen LogP contribution in [0.15, 0.2) is 17.0 Å². The predicted octanol–water partition coefficient (Wildman–Crippen LogP) is 2.00. The summed E-state index contributed by atoms with van der Waals surface area (Å²) in [7, 11) is 2.17. The summed E-state index contributed by atoms with van der Waals surface area (Å²) >= 11 is 0. The van der Waals surface area contributed by atoms with E-state index < -0.39 is 31.4 Å². The van der Waals surface area contributed by atoms with Crippen LogP contribution in [0.2, 0.25) is 0 Å². The number of hydrogen-bond donors (Lipinski definition) is 0. The number of amides is 1. The van der Waals surface area contributed by atoms with Crippen LogP contribution < -0.4 is 4.74 Å². The van der Waals surface area contributed by atoms with Gasteiger partial charge in [-0.2, -0.15) is 0 Å². The van der Waals surface area contributed by atoms with Gasteiger partial charge in [0.1, 0.15) is 4.90 Å². The minimum atomic E-state index is -4.21. The lowest BCUT2D eigenvalue weighted by molar-refractivity contribution is 0.0792. The van der Waals surface area contributed by atoms with E-state index in [4.69, 9.17) is 15.4 Å². The fourth-order valence-corrected chi connectivity index (χ4v) is 3.19. The van der Waals surface area contributed by atoms with Crippen molar-refractivity contribution in [1.29, 1.82) is 0 Å². The van der Waals surface area contributed by atoms with Crippen molar-refractivity contribution >= 4 is 25.6 Å². The Morgan fingerprint density at radius 2 is 1.95 bits per heavy atom. The van der Waals surface area contributed by atoms with Crippen molar-refractivity contribution in [3.63, 3.8) is 0 Å². The van der Waals surface area contributed by atoms with E-state index in [-0.39, 0.29) is 5.56 Å². The van der Waals surface area contributed by atoms with E-state index in [1.54, 1.807) is 4.90 Å². The van der Waals surface area contributed by atoms with Gasteiger partial charge < -0.3 is 9.64 Å². The van der Waals surface area contributed by atoms with Crippen molar-refractivity contribution in [2.75, 3.05) is 20.2 Å². The van der Waals surface area contributed by atoms with Gasteiger partial charge in [0.15, 0.2) is 11.6 Å². The van der Waals surface area contributed by atoms with Crippen LogP contribution in [0.25, 0.3) is 0 Å². The molecule has 1 aliphatic rings. The predicted molar refractivity (Wildman–Crippen MR) is 71.1 cm³/mol. The lowest BCUT2D eigenvalue weighted by atomic mass is 10.2. The van der Waals surface area contributed by atoms with Crippen LogP contribution in [0.1, 0.15) is 23.2 Å². The van der Waals surface area contributed by atoms with Gasteiger partial charge in [0.05, 0.1) is 7.11 Å². The molecule has 1 heterocycles. The molecule has 1 fully saturated rings. The van der Waals surface area contributed by atoms with Crippen LogP contribution in [0.3, 0.4) is 0 Å². The summed E-state index contributed by atoms with van der Waals surface area (Å²) in [5.41, 5.74) is -0.0515. The second-order valence-electron chi connectivity index (χ2n) is 4.43. The van der Waals surface area contributed by atoms with E-state index in [1.807, 2.05) is 0 Å². The molecule has 8 heteroatoms. The molecule has 1 saturated heterocycles. The molecule has 0 N–H and O–H groups in total. The maximum atomic E-state index is 13.9. The van der Waals surface area contributed by atoms with Gasteiger partial charge in [0.25, 0.3) is 15.0 Å². The normalized spacial score (nSPS) is 15.4. The minimum absolute atomic E-state index is 0.0515. The molecule has 0 atom stereocenters. The van der Waals surface area contributed by atoms with Gasteiger partial charge in [-0.3, -0.25) is 4.79 Å². The zero-order valence-electron chi connectivity index (χ0n) is 10.7. The smallest absolute Gasteiger partial charge is 0.265 e. The molecule has 1 amide bonds. The number of halogens is 2. The molecule has 0 bridgehead atoms. The highest BCUT2D eigenvalue weighted by atomic mass is 35.7. The third-order valence-electron chi connectivity index (χ3n) is 3.12. The Hall–Kier alpha value is -1.34. The van der Waals surface area contributed by atoms with Crippen molar-refractivity contribution in [1.82, 2.24) is 4.90 Å². The van der Waals surface area contributed by atoms with Gasteiger partial charge in [0.2, 0.25) is 0 Å². The van der Waals surface area contributed by atoms with Crippen LogP contribution in [0, 0.1) is 5.82 Å². The largest absolute Gasteiger partial charge is 0.492 e. The molecular weight excluding hydrogens is 309 g/mol. The fraction of sp³-hybridized carbons (Fsp3) is 0.417. The van der Waals surface area contributed by atoms with Crippen LogP contribution in [-0.2, 0) is 9.05 Å². The van der Waals surface area contributed by atoms with E-state index >= 15 is 0 Å². The van der Waals surface area contributed by atoms with Gasteiger partial charge in [-0.15, -0.1) is 0 Å². The standard InChI is InChI=1S/C12H13ClFNO4S/c1-19-11-9(14)6-8(7-10(11)20(13,17)18)12(16)15-4-2-3-5-15/h6-7H,2-5H2,1H3. The Labute approximate surface area is 120 Å². The van der Waals surface area contributed by atoms with Gasteiger partial charge in [-0.1, -0.05) is 0 Å². The first-order valence-electron chi connectivity index (χ1n) is 5.96. The second-order valence-corrected chi connectivity index (χ2v) is 6.96. The second kappa shape index (κ2) is 5.57. The molecule has 0 aliphatic carbocycles. The van der Waals surface area contributed by atoms with Gasteiger partial charge in [-0.25, -0.2) is 12.8 Å². The van der Waals surface area contributed by atoms with E-state index in [0.717, 1.165) is 32.1 Å². The Morgan fingerprint density at radius 3 is 2.45 bits per heavy atom. The molecular formula is C12H13ClFNO4S. The Balaban J connectivity index is 2.51. The summed E-state index contributed by atoms with van der Waals surface area (Å²) in [5, 5.41) is 0. The SMILES string of the molecule is COc1c(F)cc(C(=O)N2CCCC2)cc1S(=O)(=O)Cl. The molecule has 1 aromatic rings. The number of rotatable bonds is 3. The van der Waals surface area contributed by atoms with Crippen LogP contribution in [0.4, 0.5) is 4.39 Å². The van der Waals surface area contributed by atoms with Crippen LogP contribution in [-0.4, -0.2) is 39.4 Å². The summed E-state index contributed by atoms with van der Waals surface area (Å²) in [6, 6.07) is 2.01. The van der Waals surface area contributed by atoms with Crippen molar-refractivity contribution in [3.8, 4) is 5.75 Å². The third kappa shape index (κ3) is 2.88. The average Bonchev–Trinajstić information content (AvgIpc) is 2.89. The quantitative estimate of drug-likeness (QED) is 0.799. The number of nitrogens with zero attached hydrogens (tertiary/aromatic N) is 1. The molecule has 2 rings (SSSR count). The lowest BCUT2D eigenvalue weighted by Crippen LogP contribution is -2.27. The maximum absolute atomic E-state index is 13.9. The maximum Gasteiger partial charge on any atom is 0.265 e. The average molecular weight is 322 g/mol. The molecule has 0 aromatic heterocycles. The van der Waals surface area contributed by atoms with Gasteiger partial charge in [0, 0.05) is 29.3 Å². The van der Waals surface area contributed by atoms with E-state index in [2.05, 4.69) is 0 Å². The van der Waals surface area contributed by atoms with Crippen molar-refractivity contribution in [2.45, 2.75) is 17.7 Å². The zero-order chi connectivity index (χ0) is 14.9. The number of hydrogen-bond acceptors (Lipinski definition) is 4. The number of benzene rings is 1. The van der Waals surface area contributed by atoms with Crippen LogP contribution >= 0.6 is 10.7 Å². The molecule has 0 radical (unpaired) electrons. The highest BCUT2D eigenvalue weighted by molar-refractivity contribution is 8.13. The number of carbonyl (C=O) groups excluding carboxylic acids is 1. The first-order chi connectivity index (χ1) is 9.34. The molecule has 0 saturated carbocycles. The molecule has 1 aliphatic heterocycles. The molecule has 20 heavy (non-hydrogen) atoms. The lowest BCUT2D eigenvalue weighted by Gasteiger charge is -2.16. The van der Waals surface area contributed by atoms with E-state index in [1.165, 1.54) is 0 Å². The summed E-state index contributed by atoms with van der Waals surface area (Å²) in [6.07, 6.45) is 1.76. The first-order valence-corrected chi connectivity index (χ1v) is 8.27. The van der Waals surface area contributed by atoms with Gasteiger partial charge in [-0.05, 0) is 25.0 Å². The molecule has 5 nitrogen and oxygen atoms in total. The minimum Gasteiger partial charge on any atom is -0.492 e. The van der Waals surface area contributed by atoms with E-state index in [9.17, 15) is 17.6 Å². The Morgan fingerprint density at radius 1 is 1.35 bits per heavy atom. The first kappa shape index (κ1) is 15.1. The Bertz CT molecular complexity index is 641.